The van der Waals surface area contributed by atoms with E-state index >= 15 is 0 Å². The topological polar surface area (TPSA) is 90.4 Å². The van der Waals surface area contributed by atoms with Crippen molar-refractivity contribution in [3.63, 3.8) is 0 Å². The van der Waals surface area contributed by atoms with Crippen LogP contribution in [0.1, 0.15) is 38.2 Å². The molecule has 1 aliphatic rings. The fraction of sp³-hybridized carbons (Fsp3) is 0.571. The van der Waals surface area contributed by atoms with Gasteiger partial charge in [-0.15, -0.1) is 0 Å². The molecule has 0 heterocycles. The lowest BCUT2D eigenvalue weighted by molar-refractivity contribution is -0.384. The molecule has 1 saturated carbocycles. The summed E-state index contributed by atoms with van der Waals surface area (Å²) < 4.78 is 5.90. The molecule has 0 amide bonds. The molecule has 0 aliphatic heterocycles. The third-order valence-electron chi connectivity index (χ3n) is 3.79. The third-order valence-corrected chi connectivity index (χ3v) is 3.79. The van der Waals surface area contributed by atoms with E-state index in [1.807, 2.05) is 0 Å². The first-order valence-corrected chi connectivity index (χ1v) is 6.95. The van der Waals surface area contributed by atoms with Crippen molar-refractivity contribution in [1.82, 2.24) is 0 Å². The van der Waals surface area contributed by atoms with Gasteiger partial charge in [-0.05, 0) is 36.5 Å². The Bertz CT molecular complexity index is 479. The maximum atomic E-state index is 10.8. The van der Waals surface area contributed by atoms with Crippen LogP contribution in [0.2, 0.25) is 0 Å². The SMILES string of the molecule is CC1CCCC(OCc2ccc([N+](=O)[O-])c(NN)c2)C1. The van der Waals surface area contributed by atoms with E-state index in [1.54, 1.807) is 12.1 Å². The third kappa shape index (κ3) is 3.68. The van der Waals surface area contributed by atoms with Gasteiger partial charge in [0.25, 0.3) is 5.69 Å². The molecule has 20 heavy (non-hydrogen) atoms. The number of ether oxygens (including phenoxy) is 1. The highest BCUT2D eigenvalue weighted by Gasteiger charge is 2.20. The summed E-state index contributed by atoms with van der Waals surface area (Å²) in [5, 5.41) is 10.8. The summed E-state index contributed by atoms with van der Waals surface area (Å²) in [5.41, 5.74) is 3.54. The van der Waals surface area contributed by atoms with Gasteiger partial charge < -0.3 is 10.2 Å². The van der Waals surface area contributed by atoms with E-state index in [4.69, 9.17) is 10.6 Å². The highest BCUT2D eigenvalue weighted by atomic mass is 16.6. The summed E-state index contributed by atoms with van der Waals surface area (Å²) >= 11 is 0. The van der Waals surface area contributed by atoms with Crippen LogP contribution in [0, 0.1) is 16.0 Å². The van der Waals surface area contributed by atoms with Crippen LogP contribution < -0.4 is 11.3 Å². The van der Waals surface area contributed by atoms with Gasteiger partial charge >= 0.3 is 0 Å². The summed E-state index contributed by atoms with van der Waals surface area (Å²) in [6, 6.07) is 4.84. The zero-order valence-corrected chi connectivity index (χ0v) is 11.7. The van der Waals surface area contributed by atoms with Gasteiger partial charge in [-0.3, -0.25) is 16.0 Å². The molecule has 2 unspecified atom stereocenters. The van der Waals surface area contributed by atoms with Crippen molar-refractivity contribution in [2.24, 2.45) is 11.8 Å². The molecule has 1 aromatic rings. The van der Waals surface area contributed by atoms with E-state index in [-0.39, 0.29) is 5.69 Å². The number of benzene rings is 1. The van der Waals surface area contributed by atoms with Crippen LogP contribution in [-0.4, -0.2) is 11.0 Å². The maximum absolute atomic E-state index is 10.8. The molecule has 3 N–H and O–H groups in total. The van der Waals surface area contributed by atoms with Crippen LogP contribution in [0.4, 0.5) is 11.4 Å². The van der Waals surface area contributed by atoms with Crippen molar-refractivity contribution in [2.45, 2.75) is 45.3 Å². The van der Waals surface area contributed by atoms with Crippen molar-refractivity contribution in [3.05, 3.63) is 33.9 Å². The van der Waals surface area contributed by atoms with Crippen LogP contribution in [0.25, 0.3) is 0 Å². The van der Waals surface area contributed by atoms with Gasteiger partial charge in [0.2, 0.25) is 0 Å². The molecule has 1 aliphatic carbocycles. The molecule has 0 aromatic heterocycles. The Kier molecular flexibility index (Phi) is 4.92. The number of nitrogens with zero attached hydrogens (tertiary/aromatic N) is 1. The van der Waals surface area contributed by atoms with Crippen molar-refractivity contribution in [1.29, 1.82) is 0 Å². The molecule has 1 fully saturated rings. The number of nitro benzene ring substituents is 1. The second kappa shape index (κ2) is 6.67. The van der Waals surface area contributed by atoms with Crippen LogP contribution in [-0.2, 0) is 11.3 Å². The molecule has 6 heteroatoms. The van der Waals surface area contributed by atoms with E-state index in [0.717, 1.165) is 18.4 Å². The van der Waals surface area contributed by atoms with Crippen molar-refractivity contribution >= 4 is 11.4 Å². The molecular weight excluding hydrogens is 258 g/mol. The number of hydrogen-bond acceptors (Lipinski definition) is 5. The van der Waals surface area contributed by atoms with E-state index in [1.165, 1.54) is 18.9 Å². The smallest absolute Gasteiger partial charge is 0.293 e. The molecule has 2 rings (SSSR count). The number of nitrogen functional groups attached to an aromatic ring is 1. The fourth-order valence-corrected chi connectivity index (χ4v) is 2.69. The molecule has 0 bridgehead atoms. The first-order chi connectivity index (χ1) is 9.60. The summed E-state index contributed by atoms with van der Waals surface area (Å²) in [6.07, 6.45) is 4.97. The summed E-state index contributed by atoms with van der Waals surface area (Å²) in [7, 11) is 0. The minimum Gasteiger partial charge on any atom is -0.374 e. The van der Waals surface area contributed by atoms with Gasteiger partial charge in [-0.25, -0.2) is 0 Å². The van der Waals surface area contributed by atoms with Gasteiger partial charge in [0.05, 0.1) is 17.6 Å². The lowest BCUT2D eigenvalue weighted by Gasteiger charge is -2.26. The minimum absolute atomic E-state index is 0.0254. The number of nitrogens with one attached hydrogen (secondary N) is 1. The van der Waals surface area contributed by atoms with Crippen LogP contribution >= 0.6 is 0 Å². The Balaban J connectivity index is 1.97. The largest absolute Gasteiger partial charge is 0.374 e. The summed E-state index contributed by atoms with van der Waals surface area (Å²) in [6.45, 7) is 2.71. The predicted octanol–water partition coefficient (Wildman–Crippen LogP) is 2.98. The number of nitro groups is 1. The predicted molar refractivity (Wildman–Crippen MR) is 77.1 cm³/mol. The number of anilines is 1. The van der Waals surface area contributed by atoms with Crippen LogP contribution in [0.3, 0.4) is 0 Å². The lowest BCUT2D eigenvalue weighted by Crippen LogP contribution is -2.21. The van der Waals surface area contributed by atoms with Gasteiger partial charge in [0, 0.05) is 6.07 Å². The molecule has 0 radical (unpaired) electrons. The summed E-state index contributed by atoms with van der Waals surface area (Å²) in [5.74, 6) is 6.03. The minimum atomic E-state index is -0.456. The molecular formula is C14H21N3O3. The lowest BCUT2D eigenvalue weighted by atomic mass is 9.89. The molecule has 6 nitrogen and oxygen atoms in total. The highest BCUT2D eigenvalue weighted by Crippen LogP contribution is 2.28. The molecule has 0 saturated heterocycles. The van der Waals surface area contributed by atoms with Crippen molar-refractivity contribution < 1.29 is 9.66 Å². The summed E-state index contributed by atoms with van der Waals surface area (Å²) in [4.78, 5) is 10.4. The van der Waals surface area contributed by atoms with Gasteiger partial charge in [0.1, 0.15) is 5.69 Å². The van der Waals surface area contributed by atoms with E-state index in [2.05, 4.69) is 12.3 Å². The number of nitrogens with two attached hydrogens (primary N) is 1. The van der Waals surface area contributed by atoms with Gasteiger partial charge in [0.15, 0.2) is 0 Å². The Morgan fingerprint density at radius 2 is 2.30 bits per heavy atom. The first-order valence-electron chi connectivity index (χ1n) is 6.95. The maximum Gasteiger partial charge on any atom is 0.293 e. The fourth-order valence-electron chi connectivity index (χ4n) is 2.69. The molecule has 110 valence electrons. The molecule has 1 aromatic carbocycles. The molecule has 0 spiro atoms. The van der Waals surface area contributed by atoms with Crippen LogP contribution in [0.15, 0.2) is 18.2 Å². The average Bonchev–Trinajstić information content (AvgIpc) is 2.44. The van der Waals surface area contributed by atoms with Gasteiger partial charge in [-0.1, -0.05) is 19.8 Å². The first kappa shape index (κ1) is 14.7. The van der Waals surface area contributed by atoms with Crippen molar-refractivity contribution in [3.8, 4) is 0 Å². The van der Waals surface area contributed by atoms with E-state index in [0.29, 0.717) is 24.3 Å². The Morgan fingerprint density at radius 3 is 2.95 bits per heavy atom. The molecule has 2 atom stereocenters. The second-order valence-corrected chi connectivity index (χ2v) is 5.46. The van der Waals surface area contributed by atoms with E-state index < -0.39 is 4.92 Å². The normalized spacial score (nSPS) is 22.5. The number of rotatable bonds is 5. The standard InChI is InChI=1S/C14H21N3O3/c1-10-3-2-4-12(7-10)20-9-11-5-6-14(17(18)19)13(8-11)16-15/h5-6,8,10,12,16H,2-4,7,9,15H2,1H3. The highest BCUT2D eigenvalue weighted by molar-refractivity contribution is 5.61. The number of hydrogen-bond donors (Lipinski definition) is 2. The van der Waals surface area contributed by atoms with Crippen molar-refractivity contribution in [2.75, 3.05) is 5.43 Å². The second-order valence-electron chi connectivity index (χ2n) is 5.46. The average molecular weight is 279 g/mol. The van der Waals surface area contributed by atoms with E-state index in [9.17, 15) is 10.1 Å². The quantitative estimate of drug-likeness (QED) is 0.491. The monoisotopic (exact) mass is 279 g/mol. The zero-order chi connectivity index (χ0) is 14.5. The number of hydrazine groups is 1. The Hall–Kier alpha value is -1.66. The van der Waals surface area contributed by atoms with Gasteiger partial charge in [-0.2, -0.15) is 0 Å². The zero-order valence-electron chi connectivity index (χ0n) is 11.7. The Labute approximate surface area is 118 Å². The van der Waals surface area contributed by atoms with Crippen LogP contribution in [0.5, 0.6) is 0 Å². The Morgan fingerprint density at radius 1 is 1.50 bits per heavy atom.